The van der Waals surface area contributed by atoms with Crippen molar-refractivity contribution in [1.82, 2.24) is 0 Å². The molecule has 1 aromatic rings. The molecule has 2 nitrogen and oxygen atoms in total. The van der Waals surface area contributed by atoms with Crippen molar-refractivity contribution in [3.05, 3.63) is 22.2 Å². The molecule has 0 saturated heterocycles. The Morgan fingerprint density at radius 3 is 2.53 bits per heavy atom. The van der Waals surface area contributed by atoms with Gasteiger partial charge in [0, 0.05) is 5.88 Å². The Balaban J connectivity index is 2.98. The molecule has 0 atom stereocenters. The van der Waals surface area contributed by atoms with E-state index in [0.717, 1.165) is 21.5 Å². The van der Waals surface area contributed by atoms with Gasteiger partial charge in [0.25, 0.3) is 0 Å². The Hall–Kier alpha value is -0.410. The zero-order chi connectivity index (χ0) is 12.8. The summed E-state index contributed by atoms with van der Waals surface area (Å²) in [6.45, 7) is 7.45. The topological polar surface area (TPSA) is 18.5 Å². The van der Waals surface area contributed by atoms with E-state index in [9.17, 15) is 0 Å². The lowest BCUT2D eigenvalue weighted by atomic mass is 10.2. The summed E-state index contributed by atoms with van der Waals surface area (Å²) in [5.41, 5.74) is 1.01. The van der Waals surface area contributed by atoms with E-state index in [1.54, 1.807) is 0 Å². The molecular weight excluding hydrogens is 303 g/mol. The Labute approximate surface area is 116 Å². The monoisotopic (exact) mass is 320 g/mol. The minimum absolute atomic E-state index is 0.461. The average molecular weight is 322 g/mol. The molecule has 0 spiro atoms. The Bertz CT molecular complexity index is 367. The highest BCUT2D eigenvalue weighted by molar-refractivity contribution is 9.10. The van der Waals surface area contributed by atoms with Crippen LogP contribution in [0.25, 0.3) is 0 Å². The third kappa shape index (κ3) is 4.40. The predicted molar refractivity (Wildman–Crippen MR) is 75.2 cm³/mol. The fourth-order valence-electron chi connectivity index (χ4n) is 1.35. The van der Waals surface area contributed by atoms with Crippen molar-refractivity contribution in [2.75, 3.05) is 13.2 Å². The lowest BCUT2D eigenvalue weighted by molar-refractivity contribution is 0.246. The number of hydrogen-bond acceptors (Lipinski definition) is 2. The summed E-state index contributed by atoms with van der Waals surface area (Å²) in [5.74, 6) is 2.44. The SMILES string of the molecule is CCOc1cc(CCl)cc(Br)c1OCC(C)C. The molecule has 0 radical (unpaired) electrons. The van der Waals surface area contributed by atoms with E-state index in [-0.39, 0.29) is 0 Å². The Morgan fingerprint density at radius 1 is 1.29 bits per heavy atom. The molecule has 1 aromatic carbocycles. The maximum Gasteiger partial charge on any atom is 0.175 e. The van der Waals surface area contributed by atoms with E-state index < -0.39 is 0 Å². The predicted octanol–water partition coefficient (Wildman–Crippen LogP) is 4.62. The molecule has 0 bridgehead atoms. The van der Waals surface area contributed by atoms with Gasteiger partial charge in [-0.05, 0) is 46.5 Å². The van der Waals surface area contributed by atoms with Gasteiger partial charge in [0.05, 0.1) is 17.7 Å². The lowest BCUT2D eigenvalue weighted by Gasteiger charge is -2.16. The van der Waals surface area contributed by atoms with Crippen molar-refractivity contribution in [2.24, 2.45) is 5.92 Å². The van der Waals surface area contributed by atoms with E-state index in [2.05, 4.69) is 29.8 Å². The van der Waals surface area contributed by atoms with E-state index in [1.807, 2.05) is 19.1 Å². The number of rotatable bonds is 6. The van der Waals surface area contributed by atoms with Crippen molar-refractivity contribution in [3.63, 3.8) is 0 Å². The third-order valence-electron chi connectivity index (χ3n) is 2.08. The molecule has 0 heterocycles. The molecule has 0 aliphatic carbocycles. The fraction of sp³-hybridized carbons (Fsp3) is 0.538. The van der Waals surface area contributed by atoms with E-state index in [1.165, 1.54) is 0 Å². The first-order valence-corrected chi connectivity index (χ1v) is 7.05. The summed E-state index contributed by atoms with van der Waals surface area (Å²) in [6, 6.07) is 3.89. The van der Waals surface area contributed by atoms with E-state index >= 15 is 0 Å². The highest BCUT2D eigenvalue weighted by Crippen LogP contribution is 2.37. The quantitative estimate of drug-likeness (QED) is 0.712. The molecule has 0 fully saturated rings. The van der Waals surface area contributed by atoms with Gasteiger partial charge in [0.2, 0.25) is 0 Å². The molecule has 17 heavy (non-hydrogen) atoms. The molecular formula is C13H18BrClO2. The summed E-state index contributed by atoms with van der Waals surface area (Å²) >= 11 is 9.33. The van der Waals surface area contributed by atoms with Crippen LogP contribution in [0.2, 0.25) is 0 Å². The summed E-state index contributed by atoms with van der Waals surface area (Å²) in [5, 5.41) is 0. The van der Waals surface area contributed by atoms with E-state index in [4.69, 9.17) is 21.1 Å². The second-order valence-electron chi connectivity index (χ2n) is 4.18. The maximum absolute atomic E-state index is 5.83. The van der Waals surface area contributed by atoms with Gasteiger partial charge >= 0.3 is 0 Å². The van der Waals surface area contributed by atoms with Crippen LogP contribution >= 0.6 is 27.5 Å². The van der Waals surface area contributed by atoms with Gasteiger partial charge in [0.1, 0.15) is 0 Å². The smallest absolute Gasteiger partial charge is 0.175 e. The molecule has 0 amide bonds. The Kier molecular flexibility index (Phi) is 6.14. The van der Waals surface area contributed by atoms with Crippen LogP contribution in [0.3, 0.4) is 0 Å². The highest BCUT2D eigenvalue weighted by Gasteiger charge is 2.12. The average Bonchev–Trinajstić information content (AvgIpc) is 2.27. The zero-order valence-corrected chi connectivity index (χ0v) is 12.8. The normalized spacial score (nSPS) is 10.7. The largest absolute Gasteiger partial charge is 0.490 e. The van der Waals surface area contributed by atoms with Gasteiger partial charge in [-0.2, -0.15) is 0 Å². The second-order valence-corrected chi connectivity index (χ2v) is 5.30. The van der Waals surface area contributed by atoms with Crippen LogP contribution in [0, 0.1) is 5.92 Å². The maximum atomic E-state index is 5.83. The molecule has 0 aliphatic heterocycles. The summed E-state index contributed by atoms with van der Waals surface area (Å²) in [4.78, 5) is 0. The first-order chi connectivity index (χ1) is 8.08. The number of ether oxygens (including phenoxy) is 2. The van der Waals surface area contributed by atoms with Gasteiger partial charge in [-0.1, -0.05) is 13.8 Å². The first kappa shape index (κ1) is 14.7. The molecule has 0 aromatic heterocycles. The lowest BCUT2D eigenvalue weighted by Crippen LogP contribution is -2.07. The standard InChI is InChI=1S/C13H18BrClO2/c1-4-16-12-6-10(7-15)5-11(14)13(12)17-8-9(2)3/h5-6,9H,4,7-8H2,1-3H3. The molecule has 0 unspecified atom stereocenters. The third-order valence-corrected chi connectivity index (χ3v) is 2.98. The summed E-state index contributed by atoms with van der Waals surface area (Å²) < 4.78 is 12.2. The van der Waals surface area contributed by atoms with Crippen LogP contribution in [0.15, 0.2) is 16.6 Å². The van der Waals surface area contributed by atoms with Gasteiger partial charge in [-0.25, -0.2) is 0 Å². The van der Waals surface area contributed by atoms with Gasteiger partial charge in [-0.15, -0.1) is 11.6 Å². The number of alkyl halides is 1. The number of halogens is 2. The molecule has 0 aliphatic rings. The summed E-state index contributed by atoms with van der Waals surface area (Å²) in [6.07, 6.45) is 0. The first-order valence-electron chi connectivity index (χ1n) is 5.72. The second kappa shape index (κ2) is 7.12. The number of benzene rings is 1. The van der Waals surface area contributed by atoms with Crippen LogP contribution in [0.5, 0.6) is 11.5 Å². The molecule has 0 N–H and O–H groups in total. The van der Waals surface area contributed by atoms with Gasteiger partial charge in [0.15, 0.2) is 11.5 Å². The highest BCUT2D eigenvalue weighted by atomic mass is 79.9. The minimum atomic E-state index is 0.461. The van der Waals surface area contributed by atoms with Crippen LogP contribution in [0.1, 0.15) is 26.3 Å². The molecule has 4 heteroatoms. The Morgan fingerprint density at radius 2 is 2.00 bits per heavy atom. The molecule has 96 valence electrons. The van der Waals surface area contributed by atoms with Gasteiger partial charge < -0.3 is 9.47 Å². The van der Waals surface area contributed by atoms with Crippen LogP contribution < -0.4 is 9.47 Å². The van der Waals surface area contributed by atoms with Crippen molar-refractivity contribution in [3.8, 4) is 11.5 Å². The van der Waals surface area contributed by atoms with E-state index in [0.29, 0.717) is 25.0 Å². The van der Waals surface area contributed by atoms with Gasteiger partial charge in [-0.3, -0.25) is 0 Å². The van der Waals surface area contributed by atoms with Crippen LogP contribution in [0.4, 0.5) is 0 Å². The van der Waals surface area contributed by atoms with Crippen molar-refractivity contribution in [1.29, 1.82) is 0 Å². The number of hydrogen-bond donors (Lipinski definition) is 0. The zero-order valence-electron chi connectivity index (χ0n) is 10.4. The fourth-order valence-corrected chi connectivity index (χ4v) is 2.11. The van der Waals surface area contributed by atoms with Crippen molar-refractivity contribution >= 4 is 27.5 Å². The molecule has 1 rings (SSSR count). The van der Waals surface area contributed by atoms with Crippen LogP contribution in [-0.2, 0) is 5.88 Å². The minimum Gasteiger partial charge on any atom is -0.490 e. The molecule has 0 saturated carbocycles. The van der Waals surface area contributed by atoms with Crippen molar-refractivity contribution < 1.29 is 9.47 Å². The van der Waals surface area contributed by atoms with Crippen LogP contribution in [-0.4, -0.2) is 13.2 Å². The summed E-state index contributed by atoms with van der Waals surface area (Å²) in [7, 11) is 0. The van der Waals surface area contributed by atoms with Crippen molar-refractivity contribution in [2.45, 2.75) is 26.7 Å².